The van der Waals surface area contributed by atoms with Gasteiger partial charge in [0.1, 0.15) is 0 Å². The minimum atomic E-state index is -0.0399. The zero-order chi connectivity index (χ0) is 8.79. The monoisotopic (exact) mass is 177 g/mol. The SMILES string of the molecule is NC(=O)C12CC3[C@@H]4[C@H](C[C@H](C1)[C@@H]34)C2. The van der Waals surface area contributed by atoms with Crippen molar-refractivity contribution in [1.82, 2.24) is 0 Å². The van der Waals surface area contributed by atoms with Crippen LogP contribution in [0.25, 0.3) is 0 Å². The molecule has 0 aromatic rings. The number of rotatable bonds is 1. The van der Waals surface area contributed by atoms with Crippen molar-refractivity contribution in [2.45, 2.75) is 25.7 Å². The third kappa shape index (κ3) is 0.570. The molecule has 0 spiro atoms. The largest absolute Gasteiger partial charge is 0.369 e. The molecule has 0 aliphatic heterocycles. The number of amides is 1. The molecular formula is C11H15NO. The molecule has 0 unspecified atom stereocenters. The van der Waals surface area contributed by atoms with E-state index in [0.717, 1.165) is 48.9 Å². The first-order valence-electron chi connectivity index (χ1n) is 5.51. The molecular weight excluding hydrogens is 162 g/mol. The van der Waals surface area contributed by atoms with E-state index in [4.69, 9.17) is 5.73 Å². The molecule has 5 aliphatic rings. The fourth-order valence-corrected chi connectivity index (χ4v) is 5.18. The molecule has 5 rings (SSSR count). The van der Waals surface area contributed by atoms with Gasteiger partial charge in [0.15, 0.2) is 0 Å². The zero-order valence-corrected chi connectivity index (χ0v) is 7.70. The fraction of sp³-hybridized carbons (Fsp3) is 0.909. The van der Waals surface area contributed by atoms with Crippen LogP contribution in [-0.2, 0) is 4.79 Å². The Balaban J connectivity index is 1.81. The van der Waals surface area contributed by atoms with Crippen molar-refractivity contribution in [2.75, 3.05) is 0 Å². The van der Waals surface area contributed by atoms with Gasteiger partial charge in [-0.3, -0.25) is 4.79 Å². The van der Waals surface area contributed by atoms with Crippen LogP contribution in [0.1, 0.15) is 25.7 Å². The first-order chi connectivity index (χ1) is 6.21. The number of carbonyl (C=O) groups excluding carboxylic acids is 1. The molecule has 5 fully saturated rings. The third-order valence-corrected chi connectivity index (χ3v) is 5.44. The van der Waals surface area contributed by atoms with Crippen molar-refractivity contribution in [1.29, 1.82) is 0 Å². The summed E-state index contributed by atoms with van der Waals surface area (Å²) in [5.74, 6) is 4.75. The second-order valence-electron chi connectivity index (χ2n) is 5.83. The van der Waals surface area contributed by atoms with Gasteiger partial charge in [-0.15, -0.1) is 0 Å². The summed E-state index contributed by atoms with van der Waals surface area (Å²) in [5, 5.41) is 0. The van der Waals surface area contributed by atoms with E-state index >= 15 is 0 Å². The number of carbonyl (C=O) groups is 1. The Morgan fingerprint density at radius 3 is 2.23 bits per heavy atom. The number of hydrogen-bond donors (Lipinski definition) is 1. The van der Waals surface area contributed by atoms with Gasteiger partial charge in [-0.1, -0.05) is 0 Å². The summed E-state index contributed by atoms with van der Waals surface area (Å²) < 4.78 is 0. The highest BCUT2D eigenvalue weighted by Crippen LogP contribution is 2.77. The van der Waals surface area contributed by atoms with Crippen LogP contribution in [-0.4, -0.2) is 5.91 Å². The second-order valence-corrected chi connectivity index (χ2v) is 5.83. The van der Waals surface area contributed by atoms with Crippen molar-refractivity contribution >= 4 is 5.91 Å². The van der Waals surface area contributed by atoms with Crippen molar-refractivity contribution in [2.24, 2.45) is 40.7 Å². The maximum absolute atomic E-state index is 11.5. The van der Waals surface area contributed by atoms with Crippen LogP contribution in [0.3, 0.4) is 0 Å². The summed E-state index contributed by atoms with van der Waals surface area (Å²) in [6, 6.07) is 0. The average molecular weight is 177 g/mol. The zero-order valence-electron chi connectivity index (χ0n) is 7.70. The molecule has 13 heavy (non-hydrogen) atoms. The molecule has 4 atom stereocenters. The summed E-state index contributed by atoms with van der Waals surface area (Å²) in [7, 11) is 0. The molecule has 0 aromatic heterocycles. The molecule has 0 heterocycles. The first-order valence-corrected chi connectivity index (χ1v) is 5.51. The normalized spacial score (nSPS) is 65.4. The van der Waals surface area contributed by atoms with E-state index in [1.165, 1.54) is 6.42 Å². The predicted molar refractivity (Wildman–Crippen MR) is 47.5 cm³/mol. The third-order valence-electron chi connectivity index (χ3n) is 5.44. The van der Waals surface area contributed by atoms with Gasteiger partial charge in [0.2, 0.25) is 5.91 Å². The van der Waals surface area contributed by atoms with Crippen molar-refractivity contribution in [3.63, 3.8) is 0 Å². The van der Waals surface area contributed by atoms with Crippen LogP contribution >= 0.6 is 0 Å². The Labute approximate surface area is 77.9 Å². The maximum Gasteiger partial charge on any atom is 0.223 e. The van der Waals surface area contributed by atoms with Crippen LogP contribution < -0.4 is 5.73 Å². The molecule has 4 bridgehead atoms. The molecule has 2 N–H and O–H groups in total. The van der Waals surface area contributed by atoms with E-state index in [1.54, 1.807) is 0 Å². The number of primary amides is 1. The Hall–Kier alpha value is -0.530. The van der Waals surface area contributed by atoms with E-state index < -0.39 is 0 Å². The molecule has 5 aliphatic carbocycles. The molecule has 2 heteroatoms. The van der Waals surface area contributed by atoms with Crippen LogP contribution in [0.2, 0.25) is 0 Å². The quantitative estimate of drug-likeness (QED) is 0.641. The Kier molecular flexibility index (Phi) is 0.879. The van der Waals surface area contributed by atoms with E-state index in [-0.39, 0.29) is 11.3 Å². The minimum Gasteiger partial charge on any atom is -0.369 e. The minimum absolute atomic E-state index is 0.00556. The Morgan fingerprint density at radius 2 is 1.77 bits per heavy atom. The smallest absolute Gasteiger partial charge is 0.223 e. The van der Waals surface area contributed by atoms with Gasteiger partial charge in [0.25, 0.3) is 0 Å². The summed E-state index contributed by atoms with van der Waals surface area (Å²) in [6.45, 7) is 0. The second kappa shape index (κ2) is 1.67. The molecule has 70 valence electrons. The summed E-state index contributed by atoms with van der Waals surface area (Å²) in [5.41, 5.74) is 5.52. The lowest BCUT2D eigenvalue weighted by Gasteiger charge is -2.46. The Morgan fingerprint density at radius 1 is 1.15 bits per heavy atom. The number of hydrogen-bond acceptors (Lipinski definition) is 1. The highest BCUT2D eigenvalue weighted by atomic mass is 16.1. The Bertz CT molecular complexity index is 293. The summed E-state index contributed by atoms with van der Waals surface area (Å²) in [6.07, 6.45) is 4.83. The topological polar surface area (TPSA) is 43.1 Å². The molecule has 2 nitrogen and oxygen atoms in total. The van der Waals surface area contributed by atoms with E-state index in [9.17, 15) is 4.79 Å². The molecule has 5 saturated carbocycles. The van der Waals surface area contributed by atoms with Crippen molar-refractivity contribution < 1.29 is 4.79 Å². The number of nitrogens with two attached hydrogens (primary N) is 1. The predicted octanol–water partition coefficient (Wildman–Crippen LogP) is 1.15. The summed E-state index contributed by atoms with van der Waals surface area (Å²) in [4.78, 5) is 11.5. The van der Waals surface area contributed by atoms with Crippen LogP contribution in [0.5, 0.6) is 0 Å². The van der Waals surface area contributed by atoms with E-state index in [1.807, 2.05) is 0 Å². The highest BCUT2D eigenvalue weighted by molar-refractivity contribution is 5.81. The van der Waals surface area contributed by atoms with E-state index in [2.05, 4.69) is 0 Å². The molecule has 0 aromatic carbocycles. The molecule has 0 saturated heterocycles. The van der Waals surface area contributed by atoms with Gasteiger partial charge >= 0.3 is 0 Å². The van der Waals surface area contributed by atoms with Gasteiger partial charge in [-0.05, 0) is 55.3 Å². The molecule has 0 radical (unpaired) electrons. The summed E-state index contributed by atoms with van der Waals surface area (Å²) >= 11 is 0. The lowest BCUT2D eigenvalue weighted by atomic mass is 9.58. The maximum atomic E-state index is 11.5. The van der Waals surface area contributed by atoms with Gasteiger partial charge in [-0.25, -0.2) is 0 Å². The van der Waals surface area contributed by atoms with Crippen LogP contribution in [0.15, 0.2) is 0 Å². The van der Waals surface area contributed by atoms with Crippen molar-refractivity contribution in [3.05, 3.63) is 0 Å². The standard InChI is InChI=1S/C11H15NO/c12-10(13)11-2-5-1-6(3-11)9-7(4-11)8(5)9/h5-9H,1-4H2,(H2,12,13)/t5-,6-,7?,8+,9+,11?/m1/s1. The molecule has 1 amide bonds. The van der Waals surface area contributed by atoms with Crippen LogP contribution in [0.4, 0.5) is 0 Å². The van der Waals surface area contributed by atoms with Gasteiger partial charge < -0.3 is 5.73 Å². The lowest BCUT2D eigenvalue weighted by molar-refractivity contribution is -0.135. The van der Waals surface area contributed by atoms with Crippen LogP contribution in [0, 0.1) is 35.0 Å². The van der Waals surface area contributed by atoms with Gasteiger partial charge in [0, 0.05) is 5.41 Å². The highest BCUT2D eigenvalue weighted by Gasteiger charge is 2.73. The first kappa shape index (κ1) is 6.86. The fourth-order valence-electron chi connectivity index (χ4n) is 5.18. The lowest BCUT2D eigenvalue weighted by Crippen LogP contribution is -2.47. The van der Waals surface area contributed by atoms with Gasteiger partial charge in [-0.2, -0.15) is 0 Å². The van der Waals surface area contributed by atoms with Crippen molar-refractivity contribution in [3.8, 4) is 0 Å². The average Bonchev–Trinajstić information content (AvgIpc) is 2.71. The van der Waals surface area contributed by atoms with Gasteiger partial charge in [0.05, 0.1) is 0 Å². The van der Waals surface area contributed by atoms with E-state index in [0.29, 0.717) is 0 Å².